The molecule has 1 fully saturated rings. The van der Waals surface area contributed by atoms with Gasteiger partial charge < -0.3 is 15.2 Å². The number of nitrogens with zero attached hydrogens (tertiary/aromatic N) is 4. The van der Waals surface area contributed by atoms with E-state index in [1.807, 2.05) is 0 Å². The molecule has 0 radical (unpaired) electrons. The van der Waals surface area contributed by atoms with Crippen LogP contribution in [-0.4, -0.2) is 33.8 Å². The summed E-state index contributed by atoms with van der Waals surface area (Å²) in [6.07, 6.45) is 7.58. The lowest BCUT2D eigenvalue weighted by atomic mass is 9.64. The second kappa shape index (κ2) is 7.53. The Bertz CT molecular complexity index is 570. The predicted molar refractivity (Wildman–Crippen MR) is 96.9 cm³/mol. The van der Waals surface area contributed by atoms with Gasteiger partial charge in [-0.25, -0.2) is 4.99 Å². The molecule has 0 unspecified atom stereocenters. The van der Waals surface area contributed by atoms with Gasteiger partial charge in [0.05, 0.1) is 0 Å². The van der Waals surface area contributed by atoms with Gasteiger partial charge in [0.25, 0.3) is 0 Å². The minimum absolute atomic E-state index is 0.473. The van der Waals surface area contributed by atoms with E-state index < -0.39 is 0 Å². The summed E-state index contributed by atoms with van der Waals surface area (Å²) in [6.45, 7) is 10.3. The standard InChI is InChI=1S/C18H32N6/c1-4-19-17(21-13-18(8-6-9-18)11-14(2)3)20-12-16-23-22-15-7-5-10-24(15)16/h14H,4-13H2,1-3H3,(H2,19,20,21). The van der Waals surface area contributed by atoms with Gasteiger partial charge in [0.1, 0.15) is 12.4 Å². The van der Waals surface area contributed by atoms with Gasteiger partial charge in [0.15, 0.2) is 11.8 Å². The average molecular weight is 332 g/mol. The summed E-state index contributed by atoms with van der Waals surface area (Å²) < 4.78 is 2.22. The summed E-state index contributed by atoms with van der Waals surface area (Å²) in [6, 6.07) is 0. The Balaban J connectivity index is 1.59. The summed E-state index contributed by atoms with van der Waals surface area (Å²) in [5, 5.41) is 15.5. The maximum atomic E-state index is 4.75. The van der Waals surface area contributed by atoms with Crippen molar-refractivity contribution in [2.75, 3.05) is 13.1 Å². The quantitative estimate of drug-likeness (QED) is 0.595. The molecule has 0 spiro atoms. The first-order valence-electron chi connectivity index (χ1n) is 9.55. The normalized spacial score (nSPS) is 19.2. The number of rotatable bonds is 7. The summed E-state index contributed by atoms with van der Waals surface area (Å²) in [7, 11) is 0. The molecule has 0 bridgehead atoms. The molecule has 2 aliphatic rings. The van der Waals surface area contributed by atoms with Gasteiger partial charge >= 0.3 is 0 Å². The van der Waals surface area contributed by atoms with Gasteiger partial charge in [-0.05, 0) is 43.9 Å². The van der Waals surface area contributed by atoms with Crippen molar-refractivity contribution in [3.8, 4) is 0 Å². The number of nitrogens with one attached hydrogen (secondary N) is 2. The first-order valence-corrected chi connectivity index (χ1v) is 9.55. The van der Waals surface area contributed by atoms with Gasteiger partial charge in [-0.15, -0.1) is 10.2 Å². The molecule has 0 aromatic carbocycles. The van der Waals surface area contributed by atoms with E-state index in [2.05, 4.69) is 46.2 Å². The Hall–Kier alpha value is -1.59. The minimum atomic E-state index is 0.473. The van der Waals surface area contributed by atoms with E-state index in [9.17, 15) is 0 Å². The highest BCUT2D eigenvalue weighted by Crippen LogP contribution is 2.45. The number of aromatic nitrogens is 3. The molecule has 6 nitrogen and oxygen atoms in total. The molecule has 1 aliphatic heterocycles. The van der Waals surface area contributed by atoms with E-state index in [1.54, 1.807) is 0 Å². The van der Waals surface area contributed by atoms with E-state index in [0.717, 1.165) is 49.6 Å². The van der Waals surface area contributed by atoms with Crippen LogP contribution in [0.1, 0.15) is 64.5 Å². The maximum absolute atomic E-state index is 4.75. The van der Waals surface area contributed by atoms with Gasteiger partial charge in [-0.1, -0.05) is 20.3 Å². The van der Waals surface area contributed by atoms with Crippen LogP contribution in [0.2, 0.25) is 0 Å². The third-order valence-corrected chi connectivity index (χ3v) is 5.30. The molecule has 1 aromatic heterocycles. The van der Waals surface area contributed by atoms with E-state index in [4.69, 9.17) is 4.99 Å². The number of fused-ring (bicyclic) bond motifs is 1. The number of guanidine groups is 1. The van der Waals surface area contributed by atoms with E-state index >= 15 is 0 Å². The molecule has 134 valence electrons. The molecule has 6 heteroatoms. The zero-order chi connectivity index (χ0) is 17.0. The van der Waals surface area contributed by atoms with Crippen molar-refractivity contribution in [2.45, 2.75) is 72.4 Å². The summed E-state index contributed by atoms with van der Waals surface area (Å²) in [5.41, 5.74) is 0.473. The highest BCUT2D eigenvalue weighted by molar-refractivity contribution is 5.79. The molecule has 1 aromatic rings. The van der Waals surface area contributed by atoms with Crippen LogP contribution < -0.4 is 10.6 Å². The van der Waals surface area contributed by atoms with Crippen molar-refractivity contribution >= 4 is 5.96 Å². The van der Waals surface area contributed by atoms with Crippen molar-refractivity contribution in [2.24, 2.45) is 16.3 Å². The lowest BCUT2D eigenvalue weighted by Crippen LogP contribution is -2.47. The van der Waals surface area contributed by atoms with Crippen LogP contribution in [-0.2, 0) is 19.5 Å². The monoisotopic (exact) mass is 332 g/mol. The van der Waals surface area contributed by atoms with Crippen LogP contribution in [0.25, 0.3) is 0 Å². The lowest BCUT2D eigenvalue weighted by Gasteiger charge is -2.43. The molecule has 0 amide bonds. The Morgan fingerprint density at radius 1 is 1.25 bits per heavy atom. The van der Waals surface area contributed by atoms with Crippen LogP contribution in [0.4, 0.5) is 0 Å². The number of aryl methyl sites for hydroxylation is 1. The molecular formula is C18H32N6. The molecule has 24 heavy (non-hydrogen) atoms. The Labute approximate surface area is 145 Å². The Kier molecular flexibility index (Phi) is 5.41. The molecule has 0 atom stereocenters. The summed E-state index contributed by atoms with van der Waals surface area (Å²) in [4.78, 5) is 4.75. The van der Waals surface area contributed by atoms with Crippen LogP contribution >= 0.6 is 0 Å². The predicted octanol–water partition coefficient (Wildman–Crippen LogP) is 2.50. The number of aliphatic imine (C=N–C) groups is 1. The first kappa shape index (κ1) is 17.2. The van der Waals surface area contributed by atoms with Gasteiger partial charge in [0.2, 0.25) is 0 Å². The third kappa shape index (κ3) is 3.90. The second-order valence-electron chi connectivity index (χ2n) is 7.79. The number of hydrogen-bond acceptors (Lipinski definition) is 3. The Morgan fingerprint density at radius 3 is 2.75 bits per heavy atom. The van der Waals surface area contributed by atoms with Crippen molar-refractivity contribution in [1.29, 1.82) is 0 Å². The molecule has 2 N–H and O–H groups in total. The van der Waals surface area contributed by atoms with Gasteiger partial charge in [-0.2, -0.15) is 0 Å². The largest absolute Gasteiger partial charge is 0.357 e. The van der Waals surface area contributed by atoms with Crippen molar-refractivity contribution in [3.63, 3.8) is 0 Å². The third-order valence-electron chi connectivity index (χ3n) is 5.30. The molecule has 1 aliphatic carbocycles. The van der Waals surface area contributed by atoms with Crippen LogP contribution in [0.15, 0.2) is 4.99 Å². The van der Waals surface area contributed by atoms with E-state index in [1.165, 1.54) is 32.1 Å². The fraction of sp³-hybridized carbons (Fsp3) is 0.833. The summed E-state index contributed by atoms with van der Waals surface area (Å²) in [5.74, 6) is 3.76. The van der Waals surface area contributed by atoms with Gasteiger partial charge in [0, 0.05) is 26.1 Å². The topological polar surface area (TPSA) is 67.1 Å². The molecular weight excluding hydrogens is 300 g/mol. The lowest BCUT2D eigenvalue weighted by molar-refractivity contribution is 0.104. The van der Waals surface area contributed by atoms with E-state index in [-0.39, 0.29) is 0 Å². The molecule has 1 saturated carbocycles. The van der Waals surface area contributed by atoms with Crippen molar-refractivity contribution < 1.29 is 0 Å². The van der Waals surface area contributed by atoms with Crippen LogP contribution in [0, 0.1) is 11.3 Å². The average Bonchev–Trinajstić information content (AvgIpc) is 3.10. The second-order valence-corrected chi connectivity index (χ2v) is 7.79. The maximum Gasteiger partial charge on any atom is 0.191 e. The Morgan fingerprint density at radius 2 is 2.08 bits per heavy atom. The molecule has 3 rings (SSSR count). The fourth-order valence-corrected chi connectivity index (χ4v) is 4.09. The zero-order valence-electron chi connectivity index (χ0n) is 15.4. The SMILES string of the molecule is CCNC(=NCc1nnc2n1CCC2)NCC1(CC(C)C)CCC1. The van der Waals surface area contributed by atoms with Crippen molar-refractivity contribution in [1.82, 2.24) is 25.4 Å². The fourth-order valence-electron chi connectivity index (χ4n) is 4.09. The zero-order valence-corrected chi connectivity index (χ0v) is 15.4. The smallest absolute Gasteiger partial charge is 0.191 e. The van der Waals surface area contributed by atoms with Crippen LogP contribution in [0.5, 0.6) is 0 Å². The highest BCUT2D eigenvalue weighted by atomic mass is 15.3. The first-order chi connectivity index (χ1) is 11.6. The minimum Gasteiger partial charge on any atom is -0.357 e. The number of hydrogen-bond donors (Lipinski definition) is 2. The van der Waals surface area contributed by atoms with E-state index in [0.29, 0.717) is 12.0 Å². The van der Waals surface area contributed by atoms with Crippen molar-refractivity contribution in [3.05, 3.63) is 11.6 Å². The highest BCUT2D eigenvalue weighted by Gasteiger charge is 2.37. The van der Waals surface area contributed by atoms with Gasteiger partial charge in [-0.3, -0.25) is 0 Å². The molecule has 0 saturated heterocycles. The van der Waals surface area contributed by atoms with Crippen LogP contribution in [0.3, 0.4) is 0 Å². The summed E-state index contributed by atoms with van der Waals surface area (Å²) >= 11 is 0. The molecule has 2 heterocycles.